The molecule has 0 aliphatic rings. The van der Waals surface area contributed by atoms with Crippen LogP contribution in [0.5, 0.6) is 0 Å². The van der Waals surface area contributed by atoms with E-state index in [9.17, 15) is 13.2 Å². The standard InChI is InChI=1S/C15H30O5S/c1-3-4-5-6-7-8-9-10-11-12-13-14(15(16)20-2)21(17,18)19/h14H,3-13H2,1-2H3,(H,17,18,19). The minimum Gasteiger partial charge on any atom is -0.468 e. The number of hydrogen-bond acceptors (Lipinski definition) is 4. The highest BCUT2D eigenvalue weighted by atomic mass is 32.2. The fourth-order valence-electron chi connectivity index (χ4n) is 2.34. The smallest absolute Gasteiger partial charge is 0.326 e. The van der Waals surface area contributed by atoms with E-state index in [0.717, 1.165) is 26.4 Å². The Balaban J connectivity index is 3.66. The van der Waals surface area contributed by atoms with Gasteiger partial charge in [-0.3, -0.25) is 9.35 Å². The second kappa shape index (κ2) is 12.0. The minimum atomic E-state index is -4.36. The lowest BCUT2D eigenvalue weighted by Gasteiger charge is -2.11. The molecule has 0 amide bonds. The molecule has 1 N–H and O–H groups in total. The van der Waals surface area contributed by atoms with Crippen LogP contribution in [0.15, 0.2) is 0 Å². The Bertz CT molecular complexity index is 364. The summed E-state index contributed by atoms with van der Waals surface area (Å²) in [5.74, 6) is -0.881. The van der Waals surface area contributed by atoms with Crippen LogP contribution in [-0.4, -0.2) is 31.3 Å². The monoisotopic (exact) mass is 322 g/mol. The molecule has 0 fully saturated rings. The van der Waals surface area contributed by atoms with E-state index in [1.165, 1.54) is 38.5 Å². The van der Waals surface area contributed by atoms with Gasteiger partial charge in [0.1, 0.15) is 0 Å². The third kappa shape index (κ3) is 10.7. The summed E-state index contributed by atoms with van der Waals surface area (Å²) < 4.78 is 35.6. The van der Waals surface area contributed by atoms with Gasteiger partial charge in [0.25, 0.3) is 10.1 Å². The lowest BCUT2D eigenvalue weighted by Crippen LogP contribution is -2.30. The van der Waals surface area contributed by atoms with E-state index < -0.39 is 21.3 Å². The maximum atomic E-state index is 11.3. The van der Waals surface area contributed by atoms with E-state index in [2.05, 4.69) is 11.7 Å². The predicted octanol–water partition coefficient (Wildman–Crippen LogP) is 3.73. The van der Waals surface area contributed by atoms with E-state index in [4.69, 9.17) is 4.55 Å². The summed E-state index contributed by atoms with van der Waals surface area (Å²) in [7, 11) is -3.24. The second-order valence-corrected chi connectivity index (χ2v) is 7.10. The topological polar surface area (TPSA) is 80.7 Å². The van der Waals surface area contributed by atoms with Gasteiger partial charge in [-0.1, -0.05) is 71.1 Å². The van der Waals surface area contributed by atoms with Crippen LogP contribution in [0.25, 0.3) is 0 Å². The van der Waals surface area contributed by atoms with Crippen molar-refractivity contribution in [2.24, 2.45) is 0 Å². The Morgan fingerprint density at radius 2 is 1.38 bits per heavy atom. The van der Waals surface area contributed by atoms with Crippen LogP contribution >= 0.6 is 0 Å². The van der Waals surface area contributed by atoms with Gasteiger partial charge >= 0.3 is 5.97 Å². The zero-order chi connectivity index (χ0) is 16.1. The van der Waals surface area contributed by atoms with Crippen LogP contribution in [0.2, 0.25) is 0 Å². The number of carbonyl (C=O) groups excluding carboxylic acids is 1. The van der Waals surface area contributed by atoms with Crippen molar-refractivity contribution in [3.05, 3.63) is 0 Å². The molecular formula is C15H30O5S. The molecule has 6 heteroatoms. The van der Waals surface area contributed by atoms with E-state index in [1.54, 1.807) is 0 Å². The van der Waals surface area contributed by atoms with Crippen molar-refractivity contribution >= 4 is 16.1 Å². The number of methoxy groups -OCH3 is 1. The molecule has 0 aromatic rings. The van der Waals surface area contributed by atoms with Gasteiger partial charge in [0, 0.05) is 0 Å². The van der Waals surface area contributed by atoms with Gasteiger partial charge in [-0.25, -0.2) is 0 Å². The first-order valence-electron chi connectivity index (χ1n) is 7.97. The first kappa shape index (κ1) is 20.4. The van der Waals surface area contributed by atoms with Crippen LogP contribution in [0.1, 0.15) is 77.6 Å². The molecule has 1 atom stereocenters. The van der Waals surface area contributed by atoms with Crippen molar-refractivity contribution in [1.82, 2.24) is 0 Å². The van der Waals surface area contributed by atoms with E-state index in [1.807, 2.05) is 0 Å². The molecule has 126 valence electrons. The minimum absolute atomic E-state index is 0.127. The van der Waals surface area contributed by atoms with Crippen molar-refractivity contribution in [2.45, 2.75) is 82.8 Å². The molecule has 0 aliphatic carbocycles. The molecule has 0 aliphatic heterocycles. The normalized spacial score (nSPS) is 13.1. The van der Waals surface area contributed by atoms with Gasteiger partial charge in [0.15, 0.2) is 5.25 Å². The van der Waals surface area contributed by atoms with E-state index >= 15 is 0 Å². The summed E-state index contributed by atoms with van der Waals surface area (Å²) >= 11 is 0. The SMILES string of the molecule is CCCCCCCCCCCCC(C(=O)OC)S(=O)(=O)O. The van der Waals surface area contributed by atoms with Crippen molar-refractivity contribution in [3.63, 3.8) is 0 Å². The third-order valence-electron chi connectivity index (χ3n) is 3.64. The van der Waals surface area contributed by atoms with Crippen molar-refractivity contribution < 1.29 is 22.5 Å². The number of unbranched alkanes of at least 4 members (excludes halogenated alkanes) is 9. The van der Waals surface area contributed by atoms with Crippen LogP contribution < -0.4 is 0 Å². The number of ether oxygens (including phenoxy) is 1. The molecule has 0 saturated heterocycles. The zero-order valence-corrected chi connectivity index (χ0v) is 14.2. The van der Waals surface area contributed by atoms with Gasteiger partial charge in [0.2, 0.25) is 0 Å². The van der Waals surface area contributed by atoms with Gasteiger partial charge in [-0.15, -0.1) is 0 Å². The summed E-state index contributed by atoms with van der Waals surface area (Å²) in [4.78, 5) is 11.3. The maximum Gasteiger partial charge on any atom is 0.326 e. The third-order valence-corrected chi connectivity index (χ3v) is 4.79. The van der Waals surface area contributed by atoms with Crippen LogP contribution in [0, 0.1) is 0 Å². The first-order chi connectivity index (χ1) is 9.93. The summed E-state index contributed by atoms with van der Waals surface area (Å²) in [5, 5.41) is -1.43. The molecule has 1 unspecified atom stereocenters. The van der Waals surface area contributed by atoms with Crippen molar-refractivity contribution in [2.75, 3.05) is 7.11 Å². The van der Waals surface area contributed by atoms with Crippen molar-refractivity contribution in [3.8, 4) is 0 Å². The summed E-state index contributed by atoms with van der Waals surface area (Å²) in [6.07, 6.45) is 11.4. The molecule has 0 spiro atoms. The second-order valence-electron chi connectivity index (χ2n) is 5.50. The first-order valence-corrected chi connectivity index (χ1v) is 9.48. The average molecular weight is 322 g/mol. The van der Waals surface area contributed by atoms with Gasteiger partial charge in [0.05, 0.1) is 7.11 Å². The van der Waals surface area contributed by atoms with Crippen LogP contribution in [0.3, 0.4) is 0 Å². The maximum absolute atomic E-state index is 11.3. The summed E-state index contributed by atoms with van der Waals surface area (Å²) in [5.41, 5.74) is 0. The Morgan fingerprint density at radius 1 is 0.952 bits per heavy atom. The lowest BCUT2D eigenvalue weighted by atomic mass is 10.1. The number of rotatable bonds is 13. The summed E-state index contributed by atoms with van der Waals surface area (Å²) in [6, 6.07) is 0. The molecule has 21 heavy (non-hydrogen) atoms. The summed E-state index contributed by atoms with van der Waals surface area (Å²) in [6.45, 7) is 2.20. The van der Waals surface area contributed by atoms with Gasteiger partial charge < -0.3 is 4.74 Å². The Morgan fingerprint density at radius 3 is 1.76 bits per heavy atom. The van der Waals surface area contributed by atoms with E-state index in [0.29, 0.717) is 6.42 Å². The molecule has 0 radical (unpaired) electrons. The molecule has 5 nitrogen and oxygen atoms in total. The highest BCUT2D eigenvalue weighted by Gasteiger charge is 2.31. The number of hydrogen-bond donors (Lipinski definition) is 1. The molecule has 0 bridgehead atoms. The zero-order valence-electron chi connectivity index (χ0n) is 13.3. The fourth-order valence-corrected chi connectivity index (χ4v) is 3.14. The predicted molar refractivity (Wildman–Crippen MR) is 83.8 cm³/mol. The van der Waals surface area contributed by atoms with Crippen LogP contribution in [-0.2, 0) is 19.6 Å². The average Bonchev–Trinajstić information content (AvgIpc) is 2.42. The molecule has 0 heterocycles. The van der Waals surface area contributed by atoms with Crippen molar-refractivity contribution in [1.29, 1.82) is 0 Å². The Hall–Kier alpha value is -0.620. The van der Waals surface area contributed by atoms with Gasteiger partial charge in [-0.05, 0) is 6.42 Å². The number of esters is 1. The molecule has 0 aromatic carbocycles. The molecule has 0 aromatic heterocycles. The fraction of sp³-hybridized carbons (Fsp3) is 0.933. The highest BCUT2D eigenvalue weighted by Crippen LogP contribution is 2.15. The Kier molecular flexibility index (Phi) is 11.6. The number of carbonyl (C=O) groups is 1. The Labute approximate surface area is 129 Å². The van der Waals surface area contributed by atoms with E-state index in [-0.39, 0.29) is 6.42 Å². The van der Waals surface area contributed by atoms with Crippen LogP contribution in [0.4, 0.5) is 0 Å². The molecular weight excluding hydrogens is 292 g/mol. The quantitative estimate of drug-likeness (QED) is 0.317. The highest BCUT2D eigenvalue weighted by molar-refractivity contribution is 7.87. The van der Waals surface area contributed by atoms with Gasteiger partial charge in [-0.2, -0.15) is 8.42 Å². The largest absolute Gasteiger partial charge is 0.468 e. The molecule has 0 saturated carbocycles. The molecule has 0 rings (SSSR count). The lowest BCUT2D eigenvalue weighted by molar-refractivity contribution is -0.140.